The van der Waals surface area contributed by atoms with Gasteiger partial charge in [-0.25, -0.2) is 4.79 Å². The Bertz CT molecular complexity index is 438. The lowest BCUT2D eigenvalue weighted by Gasteiger charge is -2.19. The minimum Gasteiger partial charge on any atom is -0.480 e. The zero-order valence-corrected chi connectivity index (χ0v) is 12.4. The Labute approximate surface area is 128 Å². The fraction of sp³-hybridized carbons (Fsp3) is 0.615. The molecule has 0 aliphatic rings. The number of likely N-dealkylation sites (N-methyl/N-ethyl adjacent to an activating group) is 1. The van der Waals surface area contributed by atoms with E-state index >= 15 is 0 Å². The summed E-state index contributed by atoms with van der Waals surface area (Å²) in [6, 6.07) is -1.95. The van der Waals surface area contributed by atoms with Crippen molar-refractivity contribution in [2.45, 2.75) is 37.8 Å². The van der Waals surface area contributed by atoms with Crippen LogP contribution in [0.1, 0.15) is 25.7 Å². The van der Waals surface area contributed by atoms with Crippen molar-refractivity contribution in [3.8, 4) is 0 Å². The number of nitrogens with two attached hydrogens (primary N) is 1. The Morgan fingerprint density at radius 2 is 1.77 bits per heavy atom. The van der Waals surface area contributed by atoms with Gasteiger partial charge in [0.2, 0.25) is 5.91 Å². The van der Waals surface area contributed by atoms with Gasteiger partial charge < -0.3 is 26.9 Å². The van der Waals surface area contributed by atoms with Gasteiger partial charge in [-0.05, 0) is 19.9 Å². The zero-order valence-electron chi connectivity index (χ0n) is 12.4. The number of hydrogen-bond acceptors (Lipinski definition) is 7. The van der Waals surface area contributed by atoms with Gasteiger partial charge in [-0.3, -0.25) is 14.4 Å². The first-order valence-corrected chi connectivity index (χ1v) is 6.81. The quantitative estimate of drug-likeness (QED) is 0.272. The van der Waals surface area contributed by atoms with Gasteiger partial charge in [-0.2, -0.15) is 0 Å². The highest BCUT2D eigenvalue weighted by molar-refractivity contribution is 6.26. The lowest BCUT2D eigenvalue weighted by molar-refractivity contribution is -0.142. The van der Waals surface area contributed by atoms with E-state index in [-0.39, 0.29) is 38.0 Å². The molecule has 0 aromatic heterocycles. The summed E-state index contributed by atoms with van der Waals surface area (Å²) in [5.41, 5.74) is 5.18. The predicted octanol–water partition coefficient (Wildman–Crippen LogP) is -1.55. The third-order valence-electron chi connectivity index (χ3n) is 3.06. The average molecular weight is 314 g/mol. The summed E-state index contributed by atoms with van der Waals surface area (Å²) >= 11 is 0. The standard InChI is InChI=1S/C13H22N4O5/c1-16-10(4-2-8(18)6-14)12(20)17-11(13(21)22)5-3-9(19)7-15/h7,10-11,15-16H,2-6,14H2,1H3,(H,17,20)(H,21,22). The number of hydrogen-bond donors (Lipinski definition) is 5. The van der Waals surface area contributed by atoms with E-state index in [4.69, 9.17) is 16.2 Å². The number of nitrogens with one attached hydrogen (secondary N) is 3. The Morgan fingerprint density at radius 1 is 1.18 bits per heavy atom. The lowest BCUT2D eigenvalue weighted by Crippen LogP contribution is -2.49. The van der Waals surface area contributed by atoms with E-state index in [0.717, 1.165) is 0 Å². The summed E-state index contributed by atoms with van der Waals surface area (Å²) in [5, 5.41) is 20.8. The molecule has 0 aliphatic carbocycles. The van der Waals surface area contributed by atoms with Gasteiger partial charge in [-0.15, -0.1) is 0 Å². The Balaban J connectivity index is 4.57. The van der Waals surface area contributed by atoms with Crippen molar-refractivity contribution in [3.05, 3.63) is 0 Å². The van der Waals surface area contributed by atoms with Crippen LogP contribution in [-0.2, 0) is 19.2 Å². The van der Waals surface area contributed by atoms with Crippen molar-refractivity contribution >= 4 is 29.7 Å². The maximum atomic E-state index is 12.0. The number of ketones is 2. The second-order valence-corrected chi connectivity index (χ2v) is 4.67. The molecule has 0 saturated heterocycles. The number of carbonyl (C=O) groups excluding carboxylic acids is 3. The van der Waals surface area contributed by atoms with Gasteiger partial charge in [-0.1, -0.05) is 0 Å². The number of aliphatic carboxylic acids is 1. The molecule has 0 fully saturated rings. The van der Waals surface area contributed by atoms with Crippen molar-refractivity contribution in [3.63, 3.8) is 0 Å². The third kappa shape index (κ3) is 7.60. The molecule has 9 nitrogen and oxygen atoms in total. The van der Waals surface area contributed by atoms with Crippen LogP contribution in [0.15, 0.2) is 0 Å². The number of Topliss-reactive ketones (excluding diaryl/α,β-unsaturated/α-hetero) is 2. The first-order chi connectivity index (χ1) is 10.3. The summed E-state index contributed by atoms with van der Waals surface area (Å²) in [5.74, 6) is -2.54. The molecule has 0 aliphatic heterocycles. The van der Waals surface area contributed by atoms with Gasteiger partial charge in [0.05, 0.1) is 18.8 Å². The van der Waals surface area contributed by atoms with Gasteiger partial charge >= 0.3 is 5.97 Å². The van der Waals surface area contributed by atoms with Gasteiger partial charge in [0.1, 0.15) is 11.8 Å². The zero-order chi connectivity index (χ0) is 17.1. The van der Waals surface area contributed by atoms with Crippen molar-refractivity contribution < 1.29 is 24.3 Å². The van der Waals surface area contributed by atoms with Crippen molar-refractivity contribution in [2.24, 2.45) is 5.73 Å². The van der Waals surface area contributed by atoms with E-state index in [1.807, 2.05) is 0 Å². The molecule has 0 saturated carbocycles. The molecule has 2 atom stereocenters. The van der Waals surface area contributed by atoms with E-state index in [1.165, 1.54) is 7.05 Å². The number of rotatable bonds is 12. The molecule has 0 bridgehead atoms. The van der Waals surface area contributed by atoms with Crippen LogP contribution in [0.25, 0.3) is 0 Å². The molecule has 0 spiro atoms. The summed E-state index contributed by atoms with van der Waals surface area (Å²) < 4.78 is 0. The molecule has 124 valence electrons. The first-order valence-electron chi connectivity index (χ1n) is 6.81. The second-order valence-electron chi connectivity index (χ2n) is 4.67. The van der Waals surface area contributed by atoms with Crippen LogP contribution in [0.4, 0.5) is 0 Å². The Morgan fingerprint density at radius 3 is 2.23 bits per heavy atom. The normalized spacial score (nSPS) is 13.0. The summed E-state index contributed by atoms with van der Waals surface area (Å²) in [6.45, 7) is -0.110. The average Bonchev–Trinajstić information content (AvgIpc) is 2.50. The number of carbonyl (C=O) groups is 4. The third-order valence-corrected chi connectivity index (χ3v) is 3.06. The highest BCUT2D eigenvalue weighted by atomic mass is 16.4. The lowest BCUT2D eigenvalue weighted by atomic mass is 10.1. The summed E-state index contributed by atoms with van der Waals surface area (Å²) in [6.07, 6.45) is 0.670. The van der Waals surface area contributed by atoms with Crippen molar-refractivity contribution in [1.29, 1.82) is 5.41 Å². The van der Waals surface area contributed by atoms with Crippen LogP contribution < -0.4 is 16.4 Å². The van der Waals surface area contributed by atoms with Crippen LogP contribution in [0.5, 0.6) is 0 Å². The molecule has 2 unspecified atom stereocenters. The Hall–Kier alpha value is -2.13. The number of amides is 1. The van der Waals surface area contributed by atoms with E-state index in [2.05, 4.69) is 10.6 Å². The molecule has 0 heterocycles. The molecule has 1 amide bonds. The maximum Gasteiger partial charge on any atom is 0.326 e. The summed E-state index contributed by atoms with van der Waals surface area (Å²) in [4.78, 5) is 45.3. The minimum absolute atomic E-state index is 0.104. The van der Waals surface area contributed by atoms with E-state index in [1.54, 1.807) is 0 Å². The van der Waals surface area contributed by atoms with E-state index < -0.39 is 29.7 Å². The predicted molar refractivity (Wildman–Crippen MR) is 78.7 cm³/mol. The fourth-order valence-electron chi connectivity index (χ4n) is 1.70. The molecule has 22 heavy (non-hydrogen) atoms. The molecule has 6 N–H and O–H groups in total. The number of carboxylic acids is 1. The minimum atomic E-state index is -1.26. The molecular weight excluding hydrogens is 292 g/mol. The Kier molecular flexibility index (Phi) is 9.55. The van der Waals surface area contributed by atoms with Gasteiger partial charge in [0.25, 0.3) is 0 Å². The highest BCUT2D eigenvalue weighted by Gasteiger charge is 2.25. The van der Waals surface area contributed by atoms with Crippen molar-refractivity contribution in [1.82, 2.24) is 10.6 Å². The van der Waals surface area contributed by atoms with Gasteiger partial charge in [0, 0.05) is 12.8 Å². The van der Waals surface area contributed by atoms with Gasteiger partial charge in [0.15, 0.2) is 5.78 Å². The van der Waals surface area contributed by atoms with Crippen LogP contribution >= 0.6 is 0 Å². The molecule has 0 aromatic carbocycles. The smallest absolute Gasteiger partial charge is 0.326 e. The van der Waals surface area contributed by atoms with Crippen LogP contribution in [-0.4, -0.2) is 60.4 Å². The summed E-state index contributed by atoms with van der Waals surface area (Å²) in [7, 11) is 1.52. The SMILES string of the molecule is CNC(CCC(=O)CN)C(=O)NC(CCC(=O)C=N)C(=O)O. The monoisotopic (exact) mass is 314 g/mol. The molecule has 0 radical (unpaired) electrons. The van der Waals surface area contributed by atoms with Crippen LogP contribution in [0.2, 0.25) is 0 Å². The van der Waals surface area contributed by atoms with E-state index in [0.29, 0.717) is 6.21 Å². The molecule has 9 heteroatoms. The van der Waals surface area contributed by atoms with Crippen LogP contribution in [0.3, 0.4) is 0 Å². The maximum absolute atomic E-state index is 12.0. The first kappa shape index (κ1) is 19.9. The number of carboxylic acid groups (broad SMARTS) is 1. The molecule has 0 aromatic rings. The molecule has 0 rings (SSSR count). The van der Waals surface area contributed by atoms with Crippen molar-refractivity contribution in [2.75, 3.05) is 13.6 Å². The largest absolute Gasteiger partial charge is 0.480 e. The molecular formula is C13H22N4O5. The fourth-order valence-corrected chi connectivity index (χ4v) is 1.70. The van der Waals surface area contributed by atoms with Crippen LogP contribution in [0, 0.1) is 5.41 Å². The highest BCUT2D eigenvalue weighted by Crippen LogP contribution is 2.02. The van der Waals surface area contributed by atoms with E-state index in [9.17, 15) is 19.2 Å². The second kappa shape index (κ2) is 10.6. The topological polar surface area (TPSA) is 162 Å².